The smallest absolute Gasteiger partial charge is 0.116 e. The summed E-state index contributed by atoms with van der Waals surface area (Å²) in [7, 11) is 0. The van der Waals surface area contributed by atoms with Crippen LogP contribution in [0.4, 0.5) is 0 Å². The summed E-state index contributed by atoms with van der Waals surface area (Å²) in [5.74, 6) is 0. The average molecular weight is 107 g/mol. The van der Waals surface area contributed by atoms with E-state index < -0.39 is 0 Å². The first-order chi connectivity index (χ1) is 3.80. The van der Waals surface area contributed by atoms with Crippen LogP contribution in [0.25, 0.3) is 0 Å². The van der Waals surface area contributed by atoms with Crippen molar-refractivity contribution in [2.75, 3.05) is 0 Å². The van der Waals surface area contributed by atoms with Gasteiger partial charge in [0.05, 0.1) is 6.20 Å². The molecule has 1 heterocycles. The Morgan fingerprint density at radius 3 is 2.62 bits per heavy atom. The number of aryl methyl sites for hydroxylation is 2. The Hall–Kier alpha value is -0.920. The molecule has 1 radical (unpaired) electrons. The minimum absolute atomic E-state index is 1.00. The van der Waals surface area contributed by atoms with Crippen molar-refractivity contribution in [1.29, 1.82) is 0 Å². The van der Waals surface area contributed by atoms with E-state index in [-0.39, 0.29) is 0 Å². The van der Waals surface area contributed by atoms with Crippen LogP contribution in [0.2, 0.25) is 0 Å². The highest BCUT2D eigenvalue weighted by atomic mass is 14.8. The second-order valence-corrected chi connectivity index (χ2v) is 1.70. The third-order valence-corrected chi connectivity index (χ3v) is 1.08. The molecule has 1 aromatic rings. The maximum atomic E-state index is 3.94. The quantitative estimate of drug-likeness (QED) is 0.492. The number of nitrogens with zero attached hydrogens (tertiary/aromatic N) is 2. The van der Waals surface area contributed by atoms with Gasteiger partial charge in [-0.2, -0.15) is 0 Å². The summed E-state index contributed by atoms with van der Waals surface area (Å²) in [5.41, 5.74) is 2.02. The van der Waals surface area contributed by atoms with Crippen LogP contribution in [-0.2, 0) is 0 Å². The Bertz CT molecular complexity index is 163. The molecule has 0 aliphatic rings. The molecule has 0 saturated heterocycles. The summed E-state index contributed by atoms with van der Waals surface area (Å²) < 4.78 is 0. The molecular weight excluding hydrogens is 100 g/mol. The molecule has 0 unspecified atom stereocenters. The van der Waals surface area contributed by atoms with Crippen molar-refractivity contribution in [3.63, 3.8) is 0 Å². The molecule has 41 valence electrons. The van der Waals surface area contributed by atoms with E-state index in [1.165, 1.54) is 6.33 Å². The van der Waals surface area contributed by atoms with E-state index in [1.54, 1.807) is 0 Å². The van der Waals surface area contributed by atoms with E-state index in [0.29, 0.717) is 0 Å². The van der Waals surface area contributed by atoms with Crippen molar-refractivity contribution in [3.8, 4) is 0 Å². The first-order valence-electron chi connectivity index (χ1n) is 2.46. The number of rotatable bonds is 0. The first kappa shape index (κ1) is 5.22. The molecule has 0 aliphatic heterocycles. The van der Waals surface area contributed by atoms with Crippen LogP contribution in [-0.4, -0.2) is 9.97 Å². The molecule has 0 saturated carbocycles. The van der Waals surface area contributed by atoms with Crippen LogP contribution >= 0.6 is 0 Å². The predicted octanol–water partition coefficient (Wildman–Crippen LogP) is 0.894. The molecule has 0 atom stereocenters. The van der Waals surface area contributed by atoms with Crippen molar-refractivity contribution in [3.05, 3.63) is 23.8 Å². The van der Waals surface area contributed by atoms with E-state index in [2.05, 4.69) is 16.2 Å². The molecule has 0 amide bonds. The van der Waals surface area contributed by atoms with Gasteiger partial charge in [-0.05, 0) is 19.4 Å². The predicted molar refractivity (Wildman–Crippen MR) is 30.3 cm³/mol. The fraction of sp³-hybridized carbons (Fsp3) is 0.333. The largest absolute Gasteiger partial charge is 0.241 e. The van der Waals surface area contributed by atoms with Gasteiger partial charge in [0.2, 0.25) is 0 Å². The van der Waals surface area contributed by atoms with E-state index >= 15 is 0 Å². The molecular formula is C6H7N2. The van der Waals surface area contributed by atoms with Crippen LogP contribution in [0.3, 0.4) is 0 Å². The zero-order valence-corrected chi connectivity index (χ0v) is 4.97. The van der Waals surface area contributed by atoms with Gasteiger partial charge in [0.1, 0.15) is 6.33 Å². The van der Waals surface area contributed by atoms with E-state index in [9.17, 15) is 0 Å². The summed E-state index contributed by atoms with van der Waals surface area (Å²) in [6, 6.07) is 0. The summed E-state index contributed by atoms with van der Waals surface area (Å²) >= 11 is 0. The van der Waals surface area contributed by atoms with Gasteiger partial charge in [-0.1, -0.05) is 0 Å². The molecule has 0 aromatic carbocycles. The van der Waals surface area contributed by atoms with Gasteiger partial charge in [0.15, 0.2) is 0 Å². The third kappa shape index (κ3) is 0.832. The molecule has 0 bridgehead atoms. The van der Waals surface area contributed by atoms with Crippen molar-refractivity contribution in [1.82, 2.24) is 9.97 Å². The highest BCUT2D eigenvalue weighted by Crippen LogP contribution is 1.94. The maximum absolute atomic E-state index is 3.94. The minimum atomic E-state index is 1.00. The Morgan fingerprint density at radius 1 is 1.50 bits per heavy atom. The van der Waals surface area contributed by atoms with Crippen LogP contribution in [0.15, 0.2) is 6.33 Å². The van der Waals surface area contributed by atoms with E-state index in [4.69, 9.17) is 0 Å². The molecule has 0 aliphatic carbocycles. The van der Waals surface area contributed by atoms with Gasteiger partial charge in [-0.25, -0.2) is 9.97 Å². The molecule has 1 aromatic heterocycles. The molecule has 1 rings (SSSR count). The average Bonchev–Trinajstić information content (AvgIpc) is 1.77. The SMILES string of the molecule is Cc1[c]ncnc1C. The van der Waals surface area contributed by atoms with Crippen molar-refractivity contribution in [2.24, 2.45) is 0 Å². The Labute approximate surface area is 48.6 Å². The molecule has 0 fully saturated rings. The van der Waals surface area contributed by atoms with Crippen LogP contribution < -0.4 is 0 Å². The maximum Gasteiger partial charge on any atom is 0.116 e. The zero-order valence-electron chi connectivity index (χ0n) is 4.97. The number of hydrogen-bond acceptors (Lipinski definition) is 2. The fourth-order valence-electron chi connectivity index (χ4n) is 0.419. The standard InChI is InChI=1S/C6H7N2/c1-5-3-7-4-8-6(5)2/h4H,1-2H3. The van der Waals surface area contributed by atoms with Crippen molar-refractivity contribution < 1.29 is 0 Å². The lowest BCUT2D eigenvalue weighted by Gasteiger charge is -1.90. The molecule has 0 spiro atoms. The minimum Gasteiger partial charge on any atom is -0.241 e. The van der Waals surface area contributed by atoms with Crippen molar-refractivity contribution >= 4 is 0 Å². The highest BCUT2D eigenvalue weighted by molar-refractivity contribution is 5.09. The van der Waals surface area contributed by atoms with Gasteiger partial charge in [0, 0.05) is 5.69 Å². The molecule has 8 heavy (non-hydrogen) atoms. The lowest BCUT2D eigenvalue weighted by Crippen LogP contribution is -1.86. The van der Waals surface area contributed by atoms with E-state index in [1.807, 2.05) is 13.8 Å². The summed E-state index contributed by atoms with van der Waals surface area (Å²) in [4.78, 5) is 7.65. The molecule has 2 heteroatoms. The monoisotopic (exact) mass is 107 g/mol. The van der Waals surface area contributed by atoms with Gasteiger partial charge < -0.3 is 0 Å². The third-order valence-electron chi connectivity index (χ3n) is 1.08. The fourth-order valence-corrected chi connectivity index (χ4v) is 0.419. The highest BCUT2D eigenvalue weighted by Gasteiger charge is 1.87. The number of aromatic nitrogens is 2. The van der Waals surface area contributed by atoms with Gasteiger partial charge in [-0.15, -0.1) is 0 Å². The summed E-state index contributed by atoms with van der Waals surface area (Å²) in [6.07, 6.45) is 4.29. The lowest BCUT2D eigenvalue weighted by molar-refractivity contribution is 1.05. The Kier molecular flexibility index (Phi) is 1.24. The Balaban J connectivity index is 3.13. The second kappa shape index (κ2) is 1.90. The second-order valence-electron chi connectivity index (χ2n) is 1.70. The first-order valence-corrected chi connectivity index (χ1v) is 2.46. The molecule has 0 N–H and O–H groups in total. The topological polar surface area (TPSA) is 25.8 Å². The van der Waals surface area contributed by atoms with Crippen molar-refractivity contribution in [2.45, 2.75) is 13.8 Å². The summed E-state index contributed by atoms with van der Waals surface area (Å²) in [6.45, 7) is 3.88. The van der Waals surface area contributed by atoms with Gasteiger partial charge in [0.25, 0.3) is 0 Å². The molecule has 2 nitrogen and oxygen atoms in total. The van der Waals surface area contributed by atoms with Crippen LogP contribution in [0.5, 0.6) is 0 Å². The summed E-state index contributed by atoms with van der Waals surface area (Å²) in [5, 5.41) is 0. The van der Waals surface area contributed by atoms with Gasteiger partial charge >= 0.3 is 0 Å². The normalized spacial score (nSPS) is 9.25. The lowest BCUT2D eigenvalue weighted by atomic mass is 10.3. The van der Waals surface area contributed by atoms with Crippen LogP contribution in [0.1, 0.15) is 11.3 Å². The van der Waals surface area contributed by atoms with Crippen LogP contribution in [0, 0.1) is 20.0 Å². The van der Waals surface area contributed by atoms with Gasteiger partial charge in [-0.3, -0.25) is 0 Å². The van der Waals surface area contributed by atoms with E-state index in [0.717, 1.165) is 11.3 Å². The Morgan fingerprint density at radius 2 is 2.25 bits per heavy atom. The zero-order chi connectivity index (χ0) is 5.98. The number of hydrogen-bond donors (Lipinski definition) is 0.